The van der Waals surface area contributed by atoms with Crippen molar-refractivity contribution in [3.8, 4) is 17.6 Å². The number of benzene rings is 1. The Bertz CT molecular complexity index is 468. The Hall–Kier alpha value is -1.73. The summed E-state index contributed by atoms with van der Waals surface area (Å²) >= 11 is 0. The molecule has 0 aliphatic carbocycles. The van der Waals surface area contributed by atoms with Crippen LogP contribution in [0.25, 0.3) is 0 Å². The standard InChI is InChI=1S/C17H26N2O2/c1-5-8-11-19(4)15(13-18)14-9-10-16(20-6-2)17(12-14)21-7-3/h9-10,12,15H,5-8,11H2,1-4H3. The monoisotopic (exact) mass is 290 g/mol. The van der Waals surface area contributed by atoms with Gasteiger partial charge in [-0.25, -0.2) is 0 Å². The van der Waals surface area contributed by atoms with E-state index in [0.717, 1.165) is 30.7 Å². The minimum atomic E-state index is -0.258. The van der Waals surface area contributed by atoms with Crippen LogP contribution in [0.4, 0.5) is 0 Å². The van der Waals surface area contributed by atoms with Gasteiger partial charge >= 0.3 is 0 Å². The second kappa shape index (κ2) is 9.25. The van der Waals surface area contributed by atoms with Gasteiger partial charge in [-0.1, -0.05) is 19.4 Å². The third kappa shape index (κ3) is 4.95. The molecule has 0 spiro atoms. The molecule has 0 aliphatic rings. The predicted molar refractivity (Wildman–Crippen MR) is 84.7 cm³/mol. The second-order valence-corrected chi connectivity index (χ2v) is 4.94. The van der Waals surface area contributed by atoms with Gasteiger partial charge in [-0.3, -0.25) is 4.90 Å². The fraction of sp³-hybridized carbons (Fsp3) is 0.588. The molecule has 0 heterocycles. The average Bonchev–Trinajstić information content (AvgIpc) is 2.49. The number of nitriles is 1. The van der Waals surface area contributed by atoms with E-state index in [-0.39, 0.29) is 6.04 Å². The highest BCUT2D eigenvalue weighted by molar-refractivity contribution is 5.45. The maximum Gasteiger partial charge on any atom is 0.161 e. The summed E-state index contributed by atoms with van der Waals surface area (Å²) in [5.74, 6) is 1.44. The van der Waals surface area contributed by atoms with E-state index >= 15 is 0 Å². The molecule has 1 rings (SSSR count). The van der Waals surface area contributed by atoms with E-state index in [1.165, 1.54) is 0 Å². The van der Waals surface area contributed by atoms with Gasteiger partial charge in [0.1, 0.15) is 6.04 Å². The van der Waals surface area contributed by atoms with Crippen LogP contribution in [0.15, 0.2) is 18.2 Å². The summed E-state index contributed by atoms with van der Waals surface area (Å²) in [4.78, 5) is 2.08. The molecule has 4 heteroatoms. The number of nitrogens with zero attached hydrogens (tertiary/aromatic N) is 2. The second-order valence-electron chi connectivity index (χ2n) is 4.94. The van der Waals surface area contributed by atoms with Crippen LogP contribution < -0.4 is 9.47 Å². The van der Waals surface area contributed by atoms with Crippen molar-refractivity contribution in [2.45, 2.75) is 39.7 Å². The molecule has 1 aromatic rings. The molecule has 0 aromatic heterocycles. The van der Waals surface area contributed by atoms with Crippen molar-refractivity contribution < 1.29 is 9.47 Å². The molecular weight excluding hydrogens is 264 g/mol. The lowest BCUT2D eigenvalue weighted by Crippen LogP contribution is -2.24. The van der Waals surface area contributed by atoms with Crippen molar-refractivity contribution in [3.05, 3.63) is 23.8 Å². The number of unbranched alkanes of at least 4 members (excludes halogenated alkanes) is 1. The lowest BCUT2D eigenvalue weighted by Gasteiger charge is -2.23. The van der Waals surface area contributed by atoms with Crippen molar-refractivity contribution in [1.29, 1.82) is 5.26 Å². The summed E-state index contributed by atoms with van der Waals surface area (Å²) in [5.41, 5.74) is 0.947. The first kappa shape index (κ1) is 17.3. The number of ether oxygens (including phenoxy) is 2. The molecule has 0 fully saturated rings. The van der Waals surface area contributed by atoms with Gasteiger partial charge in [-0.15, -0.1) is 0 Å². The van der Waals surface area contributed by atoms with E-state index in [1.807, 2.05) is 39.1 Å². The molecule has 0 bridgehead atoms. The number of hydrogen-bond acceptors (Lipinski definition) is 4. The van der Waals surface area contributed by atoms with E-state index in [9.17, 15) is 5.26 Å². The van der Waals surface area contributed by atoms with E-state index in [4.69, 9.17) is 9.47 Å². The van der Waals surface area contributed by atoms with Crippen LogP contribution in [0.2, 0.25) is 0 Å². The SMILES string of the molecule is CCCCN(C)C(C#N)c1ccc(OCC)c(OCC)c1. The van der Waals surface area contributed by atoms with Crippen molar-refractivity contribution in [1.82, 2.24) is 4.90 Å². The summed E-state index contributed by atoms with van der Waals surface area (Å²) in [5, 5.41) is 9.48. The Kier molecular flexibility index (Phi) is 7.63. The van der Waals surface area contributed by atoms with Crippen LogP contribution in [-0.2, 0) is 0 Å². The summed E-state index contributed by atoms with van der Waals surface area (Å²) in [6.45, 7) is 8.12. The first-order valence-electron chi connectivity index (χ1n) is 7.67. The van der Waals surface area contributed by atoms with E-state index in [1.54, 1.807) is 0 Å². The normalized spacial score (nSPS) is 12.0. The van der Waals surface area contributed by atoms with Crippen molar-refractivity contribution in [2.75, 3.05) is 26.8 Å². The van der Waals surface area contributed by atoms with E-state index in [2.05, 4.69) is 17.9 Å². The maximum absolute atomic E-state index is 9.48. The molecule has 116 valence electrons. The zero-order valence-electron chi connectivity index (χ0n) is 13.6. The first-order chi connectivity index (χ1) is 10.2. The molecule has 4 nitrogen and oxygen atoms in total. The largest absolute Gasteiger partial charge is 0.490 e. The van der Waals surface area contributed by atoms with Gasteiger partial charge in [-0.2, -0.15) is 5.26 Å². The van der Waals surface area contributed by atoms with Crippen LogP contribution >= 0.6 is 0 Å². The van der Waals surface area contributed by atoms with Crippen molar-refractivity contribution in [2.24, 2.45) is 0 Å². The van der Waals surface area contributed by atoms with Crippen LogP contribution in [0, 0.1) is 11.3 Å². The Morgan fingerprint density at radius 3 is 2.38 bits per heavy atom. The Morgan fingerprint density at radius 1 is 1.14 bits per heavy atom. The summed E-state index contributed by atoms with van der Waals surface area (Å²) < 4.78 is 11.2. The molecule has 0 N–H and O–H groups in total. The molecule has 0 amide bonds. The minimum absolute atomic E-state index is 0.258. The van der Waals surface area contributed by atoms with Gasteiger partial charge in [0.2, 0.25) is 0 Å². The Morgan fingerprint density at radius 2 is 1.81 bits per heavy atom. The van der Waals surface area contributed by atoms with Crippen LogP contribution in [0.5, 0.6) is 11.5 Å². The lowest BCUT2D eigenvalue weighted by molar-refractivity contribution is 0.277. The zero-order valence-corrected chi connectivity index (χ0v) is 13.6. The van der Waals surface area contributed by atoms with Gasteiger partial charge in [0.05, 0.1) is 19.3 Å². The highest BCUT2D eigenvalue weighted by Gasteiger charge is 2.18. The summed E-state index contributed by atoms with van der Waals surface area (Å²) in [6.07, 6.45) is 2.21. The van der Waals surface area contributed by atoms with Gasteiger partial charge in [0.25, 0.3) is 0 Å². The number of hydrogen-bond donors (Lipinski definition) is 0. The van der Waals surface area contributed by atoms with Gasteiger partial charge < -0.3 is 9.47 Å². The maximum atomic E-state index is 9.48. The smallest absolute Gasteiger partial charge is 0.161 e. The molecule has 0 radical (unpaired) electrons. The van der Waals surface area contributed by atoms with E-state index in [0.29, 0.717) is 19.0 Å². The zero-order chi connectivity index (χ0) is 15.7. The third-order valence-corrected chi connectivity index (χ3v) is 3.31. The molecule has 0 saturated heterocycles. The van der Waals surface area contributed by atoms with Crippen LogP contribution in [0.1, 0.15) is 45.2 Å². The lowest BCUT2D eigenvalue weighted by atomic mass is 10.1. The molecular formula is C17H26N2O2. The van der Waals surface area contributed by atoms with Crippen molar-refractivity contribution in [3.63, 3.8) is 0 Å². The highest BCUT2D eigenvalue weighted by Crippen LogP contribution is 2.32. The fourth-order valence-corrected chi connectivity index (χ4v) is 2.20. The average molecular weight is 290 g/mol. The van der Waals surface area contributed by atoms with Crippen LogP contribution in [-0.4, -0.2) is 31.7 Å². The van der Waals surface area contributed by atoms with Crippen LogP contribution in [0.3, 0.4) is 0 Å². The summed E-state index contributed by atoms with van der Waals surface area (Å²) in [7, 11) is 1.99. The number of rotatable bonds is 9. The van der Waals surface area contributed by atoms with Crippen molar-refractivity contribution >= 4 is 0 Å². The van der Waals surface area contributed by atoms with E-state index < -0.39 is 0 Å². The summed E-state index contributed by atoms with van der Waals surface area (Å²) in [6, 6.07) is 7.88. The van der Waals surface area contributed by atoms with Gasteiger partial charge in [0, 0.05) is 0 Å². The van der Waals surface area contributed by atoms with Gasteiger partial charge in [-0.05, 0) is 51.6 Å². The highest BCUT2D eigenvalue weighted by atomic mass is 16.5. The minimum Gasteiger partial charge on any atom is -0.490 e. The predicted octanol–water partition coefficient (Wildman–Crippen LogP) is 3.78. The Labute approximate surface area is 128 Å². The molecule has 1 aromatic carbocycles. The topological polar surface area (TPSA) is 45.5 Å². The quantitative estimate of drug-likeness (QED) is 0.694. The molecule has 1 atom stereocenters. The molecule has 0 aliphatic heterocycles. The molecule has 21 heavy (non-hydrogen) atoms. The van der Waals surface area contributed by atoms with Gasteiger partial charge in [0.15, 0.2) is 11.5 Å². The fourth-order valence-electron chi connectivity index (χ4n) is 2.20. The Balaban J connectivity index is 2.99. The third-order valence-electron chi connectivity index (χ3n) is 3.31. The first-order valence-corrected chi connectivity index (χ1v) is 7.67. The molecule has 0 saturated carbocycles. The molecule has 1 unspecified atom stereocenters.